The van der Waals surface area contributed by atoms with Gasteiger partial charge in [0.15, 0.2) is 13.1 Å². The Labute approximate surface area is 67.3 Å². The summed E-state index contributed by atoms with van der Waals surface area (Å²) in [5, 5.41) is 0. The maximum Gasteiger partial charge on any atom is 0.151 e. The Morgan fingerprint density at radius 1 is 1.18 bits per heavy atom. The average Bonchev–Trinajstić information content (AvgIpc) is 2.78. The Kier molecular flexibility index (Phi) is 2.11. The van der Waals surface area contributed by atoms with Gasteiger partial charge in [0.2, 0.25) is 0 Å². The van der Waals surface area contributed by atoms with Crippen molar-refractivity contribution in [2.75, 3.05) is 32.8 Å². The summed E-state index contributed by atoms with van der Waals surface area (Å²) in [4.78, 5) is 2.40. The molecule has 2 saturated heterocycles. The van der Waals surface area contributed by atoms with Gasteiger partial charge in [-0.25, -0.2) is 0 Å². The highest BCUT2D eigenvalue weighted by Gasteiger charge is 2.35. The van der Waals surface area contributed by atoms with Crippen molar-refractivity contribution < 1.29 is 9.47 Å². The lowest BCUT2D eigenvalue weighted by molar-refractivity contribution is 0.308. The van der Waals surface area contributed by atoms with E-state index in [9.17, 15) is 0 Å². The molecule has 2 heterocycles. The van der Waals surface area contributed by atoms with Crippen molar-refractivity contribution in [2.24, 2.45) is 0 Å². The fraction of sp³-hybridized carbons (Fsp3) is 1.00. The van der Waals surface area contributed by atoms with Gasteiger partial charge in [0, 0.05) is 0 Å². The van der Waals surface area contributed by atoms with Crippen molar-refractivity contribution in [1.29, 1.82) is 0 Å². The summed E-state index contributed by atoms with van der Waals surface area (Å²) in [6.07, 6.45) is 1.04. The van der Waals surface area contributed by atoms with E-state index >= 15 is 0 Å². The first-order valence-corrected chi connectivity index (χ1v) is 4.34. The third-order valence-corrected chi connectivity index (χ3v) is 2.18. The molecule has 0 aromatic rings. The maximum atomic E-state index is 5.16. The van der Waals surface area contributed by atoms with E-state index in [1.165, 1.54) is 0 Å². The molecule has 0 N–H and O–H groups in total. The highest BCUT2D eigenvalue weighted by atomic mass is 16.6. The molecule has 0 aromatic heterocycles. The van der Waals surface area contributed by atoms with Gasteiger partial charge in [-0.2, -0.15) is 4.90 Å². The summed E-state index contributed by atoms with van der Waals surface area (Å²) in [5.41, 5.74) is 0. The first kappa shape index (κ1) is 7.53. The minimum atomic E-state index is 0.522. The summed E-state index contributed by atoms with van der Waals surface area (Å²) >= 11 is 0. The quantitative estimate of drug-likeness (QED) is 0.413. The van der Waals surface area contributed by atoms with Crippen molar-refractivity contribution in [3.63, 3.8) is 0 Å². The molecular formula is C8H15NO2+. The molecule has 3 nitrogen and oxygen atoms in total. The Hall–Kier alpha value is -0.120. The molecule has 1 radical (unpaired) electrons. The summed E-state index contributed by atoms with van der Waals surface area (Å²) in [7, 11) is 0. The highest BCUT2D eigenvalue weighted by Crippen LogP contribution is 2.13. The predicted molar refractivity (Wildman–Crippen MR) is 41.9 cm³/mol. The first-order valence-electron chi connectivity index (χ1n) is 4.34. The van der Waals surface area contributed by atoms with Crippen LogP contribution in [0, 0.1) is 0 Å². The van der Waals surface area contributed by atoms with E-state index in [2.05, 4.69) is 11.8 Å². The molecule has 2 atom stereocenters. The number of epoxide rings is 2. The van der Waals surface area contributed by atoms with Gasteiger partial charge in [-0.1, -0.05) is 0 Å². The normalized spacial score (nSPS) is 34.4. The maximum absolute atomic E-state index is 5.16. The molecule has 2 unspecified atom stereocenters. The van der Waals surface area contributed by atoms with Crippen molar-refractivity contribution in [3.05, 3.63) is 0 Å². The number of hydrogen-bond donors (Lipinski definition) is 0. The van der Waals surface area contributed by atoms with Gasteiger partial charge in [0.05, 0.1) is 13.2 Å². The van der Waals surface area contributed by atoms with Crippen LogP contribution in [0.4, 0.5) is 0 Å². The van der Waals surface area contributed by atoms with Gasteiger partial charge in [0.1, 0.15) is 18.8 Å². The average molecular weight is 157 g/mol. The van der Waals surface area contributed by atoms with Crippen molar-refractivity contribution in [2.45, 2.75) is 19.1 Å². The molecule has 0 amide bonds. The summed E-state index contributed by atoms with van der Waals surface area (Å²) in [6, 6.07) is 0. The zero-order chi connectivity index (χ0) is 7.68. The minimum absolute atomic E-state index is 0.522. The predicted octanol–water partition coefficient (Wildman–Crippen LogP) is -0.0560. The highest BCUT2D eigenvalue weighted by molar-refractivity contribution is 4.82. The molecule has 0 aromatic carbocycles. The van der Waals surface area contributed by atoms with Crippen molar-refractivity contribution in [1.82, 2.24) is 4.90 Å². The number of nitrogens with zero attached hydrogens (tertiary/aromatic N) is 1. The van der Waals surface area contributed by atoms with Crippen LogP contribution in [0.3, 0.4) is 0 Å². The van der Waals surface area contributed by atoms with Crippen LogP contribution in [0.2, 0.25) is 0 Å². The Bertz CT molecular complexity index is 118. The molecule has 63 valence electrons. The lowest BCUT2D eigenvalue weighted by atomic mass is 10.3. The van der Waals surface area contributed by atoms with E-state index in [0.717, 1.165) is 32.8 Å². The van der Waals surface area contributed by atoms with Gasteiger partial charge in [-0.05, 0) is 6.92 Å². The molecule has 2 aliphatic heterocycles. The number of rotatable bonds is 5. The van der Waals surface area contributed by atoms with E-state index < -0.39 is 0 Å². The van der Waals surface area contributed by atoms with Crippen LogP contribution in [-0.2, 0) is 9.47 Å². The van der Waals surface area contributed by atoms with E-state index in [1.807, 2.05) is 0 Å². The SMILES string of the molecule is CC[N+](CC1CO1)CC1CO1. The van der Waals surface area contributed by atoms with Gasteiger partial charge in [-0.15, -0.1) is 0 Å². The molecule has 3 heteroatoms. The van der Waals surface area contributed by atoms with E-state index in [4.69, 9.17) is 9.47 Å². The Morgan fingerprint density at radius 3 is 1.91 bits per heavy atom. The second kappa shape index (κ2) is 3.09. The van der Waals surface area contributed by atoms with Crippen LogP contribution in [-0.4, -0.2) is 45.1 Å². The number of likely N-dealkylation sites (N-methyl/N-ethyl adjacent to an activating group) is 1. The zero-order valence-electron chi connectivity index (χ0n) is 6.95. The third-order valence-electron chi connectivity index (χ3n) is 2.18. The second-order valence-electron chi connectivity index (χ2n) is 3.26. The monoisotopic (exact) mass is 157 g/mol. The molecule has 2 aliphatic rings. The zero-order valence-corrected chi connectivity index (χ0v) is 6.95. The van der Waals surface area contributed by atoms with Crippen LogP contribution in [0.5, 0.6) is 0 Å². The molecule has 0 bridgehead atoms. The largest absolute Gasteiger partial charge is 0.367 e. The van der Waals surface area contributed by atoms with Gasteiger partial charge >= 0.3 is 0 Å². The first-order chi connectivity index (χ1) is 5.38. The van der Waals surface area contributed by atoms with E-state index in [1.54, 1.807) is 0 Å². The Morgan fingerprint density at radius 2 is 1.64 bits per heavy atom. The van der Waals surface area contributed by atoms with Crippen molar-refractivity contribution in [3.8, 4) is 0 Å². The molecule has 2 fully saturated rings. The van der Waals surface area contributed by atoms with Gasteiger partial charge < -0.3 is 9.47 Å². The molecule has 2 rings (SSSR count). The van der Waals surface area contributed by atoms with Crippen molar-refractivity contribution >= 4 is 0 Å². The summed E-state index contributed by atoms with van der Waals surface area (Å²) in [6.45, 7) is 7.40. The van der Waals surface area contributed by atoms with Crippen LogP contribution >= 0.6 is 0 Å². The van der Waals surface area contributed by atoms with Crippen LogP contribution in [0.1, 0.15) is 6.92 Å². The van der Waals surface area contributed by atoms with E-state index in [0.29, 0.717) is 12.2 Å². The van der Waals surface area contributed by atoms with Gasteiger partial charge in [-0.3, -0.25) is 0 Å². The fourth-order valence-corrected chi connectivity index (χ4v) is 1.26. The minimum Gasteiger partial charge on any atom is -0.367 e. The van der Waals surface area contributed by atoms with E-state index in [-0.39, 0.29) is 0 Å². The fourth-order valence-electron chi connectivity index (χ4n) is 1.26. The summed E-state index contributed by atoms with van der Waals surface area (Å²) < 4.78 is 10.3. The van der Waals surface area contributed by atoms with Crippen LogP contribution < -0.4 is 4.90 Å². The lowest BCUT2D eigenvalue weighted by Gasteiger charge is -2.06. The molecule has 0 aliphatic carbocycles. The Balaban J connectivity index is 1.65. The standard InChI is InChI=1S/C8H15NO2/c1-2-9(3-7-5-10-7)4-8-6-11-8/h7-8H,2-6H2,1H3/q+1. The number of hydrogen-bond acceptors (Lipinski definition) is 3. The van der Waals surface area contributed by atoms with Crippen LogP contribution in [0.25, 0.3) is 0 Å². The molecule has 0 spiro atoms. The smallest absolute Gasteiger partial charge is 0.151 e. The molecular weight excluding hydrogens is 142 g/mol. The van der Waals surface area contributed by atoms with Gasteiger partial charge in [0.25, 0.3) is 0 Å². The lowest BCUT2D eigenvalue weighted by Crippen LogP contribution is -2.37. The summed E-state index contributed by atoms with van der Waals surface area (Å²) in [5.74, 6) is 0. The number of ether oxygens (including phenoxy) is 2. The third kappa shape index (κ3) is 2.43. The topological polar surface area (TPSA) is 31.0 Å². The van der Waals surface area contributed by atoms with Crippen LogP contribution in [0.15, 0.2) is 0 Å². The molecule has 11 heavy (non-hydrogen) atoms. The molecule has 0 saturated carbocycles. The second-order valence-corrected chi connectivity index (χ2v) is 3.26.